The van der Waals surface area contributed by atoms with Crippen molar-refractivity contribution in [2.75, 3.05) is 69.3 Å². The van der Waals surface area contributed by atoms with Crippen molar-refractivity contribution >= 4 is 33.9 Å². The van der Waals surface area contributed by atoms with E-state index in [-0.39, 0.29) is 16.7 Å². The van der Waals surface area contributed by atoms with Crippen LogP contribution in [0.2, 0.25) is 0 Å². The van der Waals surface area contributed by atoms with E-state index in [0.29, 0.717) is 37.7 Å². The van der Waals surface area contributed by atoms with E-state index in [1.54, 1.807) is 0 Å². The van der Waals surface area contributed by atoms with Gasteiger partial charge < -0.3 is 23.9 Å². The lowest BCUT2D eigenvalue weighted by atomic mass is 10.1. The molecule has 178 valence electrons. The summed E-state index contributed by atoms with van der Waals surface area (Å²) in [7, 11) is 2.03. The molecule has 2 N–H and O–H groups in total. The lowest BCUT2D eigenvalue weighted by molar-refractivity contribution is -0.465. The minimum absolute atomic E-state index is 0.0586. The van der Waals surface area contributed by atoms with Crippen LogP contribution in [0.1, 0.15) is 10.6 Å². The van der Waals surface area contributed by atoms with E-state index < -0.39 is 17.2 Å². The Morgan fingerprint density at radius 3 is 2.35 bits per heavy atom. The topological polar surface area (TPSA) is 82.8 Å². The van der Waals surface area contributed by atoms with Crippen LogP contribution in [0, 0.1) is 5.82 Å². The molecule has 0 saturated carbocycles. The first-order valence-electron chi connectivity index (χ1n) is 11.5. The highest BCUT2D eigenvalue weighted by Gasteiger charge is 2.23. The van der Waals surface area contributed by atoms with Crippen LogP contribution in [0.15, 0.2) is 51.7 Å². The van der Waals surface area contributed by atoms with Crippen LogP contribution >= 0.6 is 0 Å². The van der Waals surface area contributed by atoms with Crippen molar-refractivity contribution in [1.29, 1.82) is 0 Å². The smallest absolute Gasteiger partial charge is 0.383 e. The second-order valence-corrected chi connectivity index (χ2v) is 8.77. The quantitative estimate of drug-likeness (QED) is 0.583. The maximum Gasteiger partial charge on any atom is 0.383 e. The first-order chi connectivity index (χ1) is 16.5. The molecule has 0 aliphatic carbocycles. The molecule has 9 heteroatoms. The second kappa shape index (κ2) is 9.54. The molecule has 0 spiro atoms. The fraction of sp³-hybridized carbons (Fsp3) is 0.360. The third kappa shape index (κ3) is 4.68. The Labute approximate surface area is 196 Å². The molecule has 0 bridgehead atoms. The summed E-state index contributed by atoms with van der Waals surface area (Å²) in [6, 6.07) is 11.4. The summed E-state index contributed by atoms with van der Waals surface area (Å²) < 4.78 is 25.6. The summed E-state index contributed by atoms with van der Waals surface area (Å²) in [5, 5.41) is 1.59. The molecule has 3 heterocycles. The highest BCUT2D eigenvalue weighted by atomic mass is 19.1. The number of anilines is 2. The number of quaternary nitrogens is 1. The maximum atomic E-state index is 14.3. The lowest BCUT2D eigenvalue weighted by Gasteiger charge is -2.34. The number of benzene rings is 2. The number of piperazine rings is 1. The molecule has 2 saturated heterocycles. The van der Waals surface area contributed by atoms with Gasteiger partial charge in [0, 0.05) is 69.2 Å². The third-order valence-electron chi connectivity index (χ3n) is 6.43. The Kier molecular flexibility index (Phi) is 6.32. The minimum Gasteiger partial charge on any atom is -0.444 e. The van der Waals surface area contributed by atoms with Gasteiger partial charge in [-0.1, -0.05) is 0 Å². The monoisotopic (exact) mass is 467 g/mol. The van der Waals surface area contributed by atoms with Gasteiger partial charge in [-0.05, 0) is 25.2 Å². The van der Waals surface area contributed by atoms with E-state index in [1.807, 2.05) is 36.2 Å². The van der Waals surface area contributed by atoms with Gasteiger partial charge in [-0.3, -0.25) is 4.79 Å². The summed E-state index contributed by atoms with van der Waals surface area (Å²) >= 11 is 0. The van der Waals surface area contributed by atoms with E-state index in [1.165, 1.54) is 17.4 Å². The number of morpholine rings is 1. The number of nitrogens with zero attached hydrogens (tertiary/aromatic N) is 3. The molecule has 0 atom stereocenters. The lowest BCUT2D eigenvalue weighted by Crippen LogP contribution is -2.82. The molecular weight excluding hydrogens is 439 g/mol. The fourth-order valence-electron chi connectivity index (χ4n) is 4.43. The van der Waals surface area contributed by atoms with Crippen molar-refractivity contribution in [2.45, 2.75) is 0 Å². The number of fused-ring (bicyclic) bond motifs is 1. The van der Waals surface area contributed by atoms with E-state index in [9.17, 15) is 14.0 Å². The van der Waals surface area contributed by atoms with Gasteiger partial charge in [-0.15, -0.1) is 0 Å². The number of likely N-dealkylation sites (N-methyl/N-ethyl adjacent to an activating group) is 1. The zero-order chi connectivity index (χ0) is 23.7. The number of primary amides is 1. The third-order valence-corrected chi connectivity index (χ3v) is 6.43. The van der Waals surface area contributed by atoms with Crippen LogP contribution in [0.4, 0.5) is 21.5 Å². The number of carbonyl (C=O) groups excluding carboxylic acids is 1. The zero-order valence-electron chi connectivity index (χ0n) is 19.1. The number of amides is 1. The minimum atomic E-state index is -0.500. The molecule has 1 aromatic heterocycles. The van der Waals surface area contributed by atoms with Crippen molar-refractivity contribution in [1.82, 2.24) is 4.90 Å². The molecule has 2 aliphatic rings. The van der Waals surface area contributed by atoms with Crippen molar-refractivity contribution in [3.63, 3.8) is 0 Å². The standard InChI is InChI=1S/C25H27FN4O4/c1-28-6-8-30(9-7-28)21-15-17(26)14-20-22(31)16-23(34-24(20)21)25(32)27-18-2-4-19(5-3-18)29-10-12-33-13-11-29/h2-5,14-16H,6-13H2,1H3,(H,27,32)/p+1. The van der Waals surface area contributed by atoms with Crippen molar-refractivity contribution in [2.24, 2.45) is 0 Å². The van der Waals surface area contributed by atoms with E-state index in [0.717, 1.165) is 37.9 Å². The number of hydrogen-bond donors (Lipinski definition) is 1. The molecule has 8 nitrogen and oxygen atoms in total. The van der Waals surface area contributed by atoms with Crippen LogP contribution in [-0.2, 0) is 4.74 Å². The van der Waals surface area contributed by atoms with Crippen molar-refractivity contribution in [3.8, 4) is 0 Å². The average Bonchev–Trinajstić information content (AvgIpc) is 2.85. The zero-order valence-corrected chi connectivity index (χ0v) is 19.1. The molecule has 3 aromatic rings. The number of carbonyl (C=O) groups is 1. The summed E-state index contributed by atoms with van der Waals surface area (Å²) in [6.07, 6.45) is 0. The first kappa shape index (κ1) is 22.5. The molecule has 2 fully saturated rings. The molecule has 0 unspecified atom stereocenters. The molecule has 34 heavy (non-hydrogen) atoms. The Balaban J connectivity index is 1.41. The number of nitrogens with two attached hydrogens (primary N) is 1. The van der Waals surface area contributed by atoms with Gasteiger partial charge in [0.25, 0.3) is 0 Å². The van der Waals surface area contributed by atoms with Crippen LogP contribution in [0.25, 0.3) is 11.0 Å². The average molecular weight is 468 g/mol. The highest BCUT2D eigenvalue weighted by Crippen LogP contribution is 2.28. The largest absolute Gasteiger partial charge is 0.444 e. The van der Waals surface area contributed by atoms with Crippen LogP contribution < -0.4 is 20.5 Å². The molecule has 1 amide bonds. The number of halogens is 1. The Bertz CT molecular complexity index is 1250. The summed E-state index contributed by atoms with van der Waals surface area (Å²) in [5.74, 6) is -0.969. The van der Waals surface area contributed by atoms with E-state index >= 15 is 0 Å². The molecule has 0 radical (unpaired) electrons. The predicted molar refractivity (Wildman–Crippen MR) is 128 cm³/mol. The SMILES string of the molecule is CN1CCN(c2cc(F)cc3c(=O)cc(C(=O)[NH2+]c4ccc(N5CCOCC5)cc4)oc23)CC1. The Morgan fingerprint density at radius 1 is 0.941 bits per heavy atom. The van der Waals surface area contributed by atoms with Crippen molar-refractivity contribution < 1.29 is 23.7 Å². The van der Waals surface area contributed by atoms with Gasteiger partial charge in [0.15, 0.2) is 11.0 Å². The van der Waals surface area contributed by atoms with Crippen LogP contribution in [0.5, 0.6) is 0 Å². The van der Waals surface area contributed by atoms with Gasteiger partial charge in [-0.2, -0.15) is 0 Å². The Hall–Kier alpha value is -3.27. The fourth-order valence-corrected chi connectivity index (χ4v) is 4.43. The maximum absolute atomic E-state index is 14.3. The van der Waals surface area contributed by atoms with Gasteiger partial charge in [0.2, 0.25) is 5.76 Å². The molecule has 5 rings (SSSR count). The van der Waals surface area contributed by atoms with Crippen LogP contribution in [0.3, 0.4) is 0 Å². The molecular formula is C25H28FN4O4+. The van der Waals surface area contributed by atoms with Gasteiger partial charge >= 0.3 is 5.91 Å². The van der Waals surface area contributed by atoms with Gasteiger partial charge in [0.1, 0.15) is 11.5 Å². The second-order valence-electron chi connectivity index (χ2n) is 8.77. The molecule has 2 aromatic carbocycles. The summed E-state index contributed by atoms with van der Waals surface area (Å²) in [4.78, 5) is 32.2. The van der Waals surface area contributed by atoms with E-state index in [2.05, 4.69) is 9.80 Å². The first-order valence-corrected chi connectivity index (χ1v) is 11.5. The van der Waals surface area contributed by atoms with Gasteiger partial charge in [0.05, 0.1) is 24.3 Å². The number of hydrogen-bond acceptors (Lipinski definition) is 7. The van der Waals surface area contributed by atoms with Gasteiger partial charge in [-0.25, -0.2) is 14.5 Å². The summed E-state index contributed by atoms with van der Waals surface area (Å²) in [5.41, 5.74) is 2.10. The van der Waals surface area contributed by atoms with E-state index in [4.69, 9.17) is 9.15 Å². The molecule has 2 aliphatic heterocycles. The highest BCUT2D eigenvalue weighted by molar-refractivity contribution is 5.93. The van der Waals surface area contributed by atoms with Crippen LogP contribution in [-0.4, -0.2) is 70.3 Å². The number of ether oxygens (including phenoxy) is 1. The normalized spacial score (nSPS) is 17.4. The summed E-state index contributed by atoms with van der Waals surface area (Å²) in [6.45, 7) is 6.06. The van der Waals surface area contributed by atoms with Crippen molar-refractivity contribution in [3.05, 3.63) is 64.3 Å². The number of rotatable bonds is 4. The predicted octanol–water partition coefficient (Wildman–Crippen LogP) is 1.56. The Morgan fingerprint density at radius 2 is 1.65 bits per heavy atom.